The number of rotatable bonds is 5. The van der Waals surface area contributed by atoms with Crippen LogP contribution in [0.2, 0.25) is 0 Å². The minimum Gasteiger partial charge on any atom is -0.368 e. The van der Waals surface area contributed by atoms with Crippen molar-refractivity contribution in [2.24, 2.45) is 0 Å². The molecule has 2 aliphatic rings. The molecule has 3 heterocycles. The molecule has 0 radical (unpaired) electrons. The zero-order valence-electron chi connectivity index (χ0n) is 19.3. The van der Waals surface area contributed by atoms with Crippen LogP contribution in [-0.2, 0) is 23.1 Å². The van der Waals surface area contributed by atoms with Crippen LogP contribution in [0.1, 0.15) is 73.3 Å². The van der Waals surface area contributed by atoms with Crippen LogP contribution in [0.3, 0.4) is 0 Å². The Kier molecular flexibility index (Phi) is 5.80. The SMILES string of the molecule is CC1(C)Cc2cnc(N)nc2-c2n[nH]c(C(=O)Nc3nc(CC(=O)NC4CCCCC4)cs3)c21. The summed E-state index contributed by atoms with van der Waals surface area (Å²) in [6.07, 6.45) is 8.23. The Morgan fingerprint density at radius 2 is 2.00 bits per heavy atom. The van der Waals surface area contributed by atoms with Crippen LogP contribution in [0.25, 0.3) is 11.4 Å². The summed E-state index contributed by atoms with van der Waals surface area (Å²) in [5.41, 5.74) is 9.45. The summed E-state index contributed by atoms with van der Waals surface area (Å²) < 4.78 is 0. The lowest BCUT2D eigenvalue weighted by atomic mass is 9.73. The molecule has 0 atom stereocenters. The van der Waals surface area contributed by atoms with Gasteiger partial charge in [-0.3, -0.25) is 20.0 Å². The Hall–Kier alpha value is -3.34. The first kappa shape index (κ1) is 22.5. The number of anilines is 2. The van der Waals surface area contributed by atoms with Crippen molar-refractivity contribution in [3.8, 4) is 11.4 Å². The lowest BCUT2D eigenvalue weighted by Crippen LogP contribution is -2.37. The third kappa shape index (κ3) is 4.39. The molecular formula is C23H28N8O2S. The summed E-state index contributed by atoms with van der Waals surface area (Å²) in [5.74, 6) is -0.194. The van der Waals surface area contributed by atoms with Crippen LogP contribution in [0.15, 0.2) is 11.6 Å². The first-order valence-corrected chi connectivity index (χ1v) is 12.4. The van der Waals surface area contributed by atoms with Crippen molar-refractivity contribution >= 4 is 34.2 Å². The van der Waals surface area contributed by atoms with Crippen molar-refractivity contribution in [2.45, 2.75) is 70.3 Å². The molecule has 2 amide bonds. The second-order valence-electron chi connectivity index (χ2n) is 9.66. The number of carbonyl (C=O) groups is 2. The van der Waals surface area contributed by atoms with Gasteiger partial charge in [-0.15, -0.1) is 11.3 Å². The molecule has 2 aliphatic carbocycles. The number of hydrogen-bond acceptors (Lipinski definition) is 8. The summed E-state index contributed by atoms with van der Waals surface area (Å²) in [7, 11) is 0. The number of nitrogens with two attached hydrogens (primary N) is 1. The van der Waals surface area contributed by atoms with Gasteiger partial charge >= 0.3 is 0 Å². The number of amides is 2. The van der Waals surface area contributed by atoms with E-state index in [1.807, 2.05) is 0 Å². The van der Waals surface area contributed by atoms with E-state index in [2.05, 4.69) is 49.6 Å². The molecule has 1 saturated carbocycles. The highest BCUT2D eigenvalue weighted by Gasteiger charge is 2.38. The summed E-state index contributed by atoms with van der Waals surface area (Å²) in [5, 5.41) is 15.5. The fourth-order valence-corrected chi connectivity index (χ4v) is 5.66. The van der Waals surface area contributed by atoms with E-state index in [9.17, 15) is 9.59 Å². The molecule has 5 rings (SSSR count). The molecule has 0 saturated heterocycles. The average molecular weight is 481 g/mol. The number of nitrogen functional groups attached to an aromatic ring is 1. The largest absolute Gasteiger partial charge is 0.368 e. The fraction of sp³-hybridized carbons (Fsp3) is 0.478. The number of carbonyl (C=O) groups excluding carboxylic acids is 2. The molecule has 3 aromatic rings. The molecule has 0 aliphatic heterocycles. The molecule has 1 fully saturated rings. The lowest BCUT2D eigenvalue weighted by Gasteiger charge is -2.30. The van der Waals surface area contributed by atoms with Crippen molar-refractivity contribution in [3.63, 3.8) is 0 Å². The third-order valence-electron chi connectivity index (χ3n) is 6.49. The Balaban J connectivity index is 1.30. The Labute approximate surface area is 201 Å². The number of thiazole rings is 1. The third-order valence-corrected chi connectivity index (χ3v) is 7.30. The zero-order chi connectivity index (χ0) is 23.9. The first-order valence-electron chi connectivity index (χ1n) is 11.6. The van der Waals surface area contributed by atoms with Gasteiger partial charge in [-0.2, -0.15) is 5.10 Å². The van der Waals surface area contributed by atoms with Crippen molar-refractivity contribution in [1.82, 2.24) is 30.5 Å². The highest BCUT2D eigenvalue weighted by molar-refractivity contribution is 7.14. The average Bonchev–Trinajstić information content (AvgIpc) is 3.43. The number of aromatic amines is 1. The highest BCUT2D eigenvalue weighted by Crippen LogP contribution is 2.42. The van der Waals surface area contributed by atoms with Gasteiger partial charge in [-0.1, -0.05) is 33.1 Å². The quantitative estimate of drug-likeness (QED) is 0.438. The van der Waals surface area contributed by atoms with E-state index in [0.29, 0.717) is 34.3 Å². The van der Waals surface area contributed by atoms with Gasteiger partial charge in [-0.25, -0.2) is 15.0 Å². The molecule has 10 nitrogen and oxygen atoms in total. The van der Waals surface area contributed by atoms with Crippen LogP contribution in [0, 0.1) is 0 Å². The van der Waals surface area contributed by atoms with Gasteiger partial charge < -0.3 is 11.1 Å². The number of nitrogens with one attached hydrogen (secondary N) is 3. The van der Waals surface area contributed by atoms with E-state index < -0.39 is 0 Å². The van der Waals surface area contributed by atoms with E-state index in [1.165, 1.54) is 17.8 Å². The molecule has 0 aromatic carbocycles. The summed E-state index contributed by atoms with van der Waals surface area (Å²) in [6, 6.07) is 0.264. The fourth-order valence-electron chi connectivity index (χ4n) is 4.95. The highest BCUT2D eigenvalue weighted by atomic mass is 32.1. The standard InChI is InChI=1S/C23H28N8O2S/c1-23(2)9-12-10-25-21(24)28-17(12)18-16(23)19(31-30-18)20(33)29-22-27-14(11-34-22)8-15(32)26-13-6-4-3-5-7-13/h10-11,13H,3-9H2,1-2H3,(H,26,32)(H,30,31)(H2,24,25,28)(H,27,29,33). The molecule has 34 heavy (non-hydrogen) atoms. The van der Waals surface area contributed by atoms with Crippen molar-refractivity contribution in [1.29, 1.82) is 0 Å². The number of aromatic nitrogens is 5. The second-order valence-corrected chi connectivity index (χ2v) is 10.5. The minimum atomic E-state index is -0.354. The van der Waals surface area contributed by atoms with Gasteiger partial charge in [0.1, 0.15) is 11.4 Å². The maximum atomic E-state index is 13.2. The van der Waals surface area contributed by atoms with E-state index >= 15 is 0 Å². The molecule has 5 N–H and O–H groups in total. The van der Waals surface area contributed by atoms with E-state index in [4.69, 9.17) is 5.73 Å². The minimum absolute atomic E-state index is 0.0283. The van der Waals surface area contributed by atoms with Gasteiger partial charge in [0.25, 0.3) is 5.91 Å². The summed E-state index contributed by atoms with van der Waals surface area (Å²) >= 11 is 1.30. The molecule has 3 aromatic heterocycles. The van der Waals surface area contributed by atoms with Gasteiger partial charge in [0, 0.05) is 23.2 Å². The monoisotopic (exact) mass is 480 g/mol. The summed E-state index contributed by atoms with van der Waals surface area (Å²) in [4.78, 5) is 38.4. The summed E-state index contributed by atoms with van der Waals surface area (Å²) in [6.45, 7) is 4.12. The Bertz CT molecular complexity index is 1240. The molecule has 0 unspecified atom stereocenters. The molecular weight excluding hydrogens is 452 g/mol. The van der Waals surface area contributed by atoms with Crippen LogP contribution in [0.5, 0.6) is 0 Å². The number of nitrogens with zero attached hydrogens (tertiary/aromatic N) is 4. The smallest absolute Gasteiger partial charge is 0.275 e. The second kappa shape index (κ2) is 8.79. The predicted molar refractivity (Wildman–Crippen MR) is 130 cm³/mol. The van der Waals surface area contributed by atoms with Crippen LogP contribution >= 0.6 is 11.3 Å². The van der Waals surface area contributed by atoms with Gasteiger partial charge in [0.15, 0.2) is 5.13 Å². The molecule has 178 valence electrons. The van der Waals surface area contributed by atoms with E-state index in [1.54, 1.807) is 11.6 Å². The van der Waals surface area contributed by atoms with Gasteiger partial charge in [0.05, 0.1) is 17.8 Å². The molecule has 0 spiro atoms. The van der Waals surface area contributed by atoms with Crippen LogP contribution in [-0.4, -0.2) is 43.0 Å². The number of H-pyrrole nitrogens is 1. The van der Waals surface area contributed by atoms with E-state index in [0.717, 1.165) is 36.8 Å². The normalized spacial score (nSPS) is 17.0. The zero-order valence-corrected chi connectivity index (χ0v) is 20.1. The van der Waals surface area contributed by atoms with Gasteiger partial charge in [0.2, 0.25) is 11.9 Å². The van der Waals surface area contributed by atoms with Crippen LogP contribution < -0.4 is 16.4 Å². The van der Waals surface area contributed by atoms with Crippen LogP contribution in [0.4, 0.5) is 11.1 Å². The number of hydrogen-bond donors (Lipinski definition) is 4. The van der Waals surface area contributed by atoms with Gasteiger partial charge in [-0.05, 0) is 30.2 Å². The van der Waals surface area contributed by atoms with E-state index in [-0.39, 0.29) is 35.6 Å². The predicted octanol–water partition coefficient (Wildman–Crippen LogP) is 2.98. The van der Waals surface area contributed by atoms with Crippen molar-refractivity contribution < 1.29 is 9.59 Å². The van der Waals surface area contributed by atoms with Crippen molar-refractivity contribution in [2.75, 3.05) is 11.1 Å². The Morgan fingerprint density at radius 1 is 1.21 bits per heavy atom. The maximum Gasteiger partial charge on any atom is 0.275 e. The number of fused-ring (bicyclic) bond motifs is 3. The molecule has 11 heteroatoms. The lowest BCUT2D eigenvalue weighted by molar-refractivity contribution is -0.121. The molecule has 0 bridgehead atoms. The first-order chi connectivity index (χ1) is 16.3. The van der Waals surface area contributed by atoms with Crippen molar-refractivity contribution in [3.05, 3.63) is 34.1 Å². The Morgan fingerprint density at radius 3 is 2.79 bits per heavy atom. The topological polar surface area (TPSA) is 152 Å². The maximum absolute atomic E-state index is 13.2.